The third kappa shape index (κ3) is 4.43. The molecule has 106 valence electrons. The van der Waals surface area contributed by atoms with E-state index in [4.69, 9.17) is 21.4 Å². The Hall–Kier alpha value is -1.22. The molecule has 0 spiro atoms. The second-order valence-electron chi connectivity index (χ2n) is 5.02. The standard InChI is InChI=1S/C15H21ClO3/c1-9(2)19-15-10(3)8-13(16)11(4)12(15)6-5-7-14(17)18/h8-9H,5-7H2,1-4H3,(H,17,18). The number of aryl methyl sites for hydroxylation is 1. The largest absolute Gasteiger partial charge is 0.490 e. The van der Waals surface area contributed by atoms with Crippen LogP contribution in [-0.2, 0) is 11.2 Å². The molecule has 0 aliphatic heterocycles. The van der Waals surface area contributed by atoms with Crippen molar-refractivity contribution in [3.05, 3.63) is 27.8 Å². The highest BCUT2D eigenvalue weighted by molar-refractivity contribution is 6.31. The first-order chi connectivity index (χ1) is 8.82. The summed E-state index contributed by atoms with van der Waals surface area (Å²) in [5, 5.41) is 9.43. The van der Waals surface area contributed by atoms with Crippen LogP contribution in [-0.4, -0.2) is 17.2 Å². The maximum absolute atomic E-state index is 10.6. The normalized spacial score (nSPS) is 10.8. The van der Waals surface area contributed by atoms with Gasteiger partial charge in [0.25, 0.3) is 0 Å². The molecule has 0 saturated carbocycles. The van der Waals surface area contributed by atoms with E-state index in [0.29, 0.717) is 17.9 Å². The fraction of sp³-hybridized carbons (Fsp3) is 0.533. The number of hydrogen-bond acceptors (Lipinski definition) is 2. The Labute approximate surface area is 119 Å². The van der Waals surface area contributed by atoms with Crippen molar-refractivity contribution >= 4 is 17.6 Å². The predicted molar refractivity (Wildman–Crippen MR) is 77.3 cm³/mol. The van der Waals surface area contributed by atoms with Crippen molar-refractivity contribution in [2.75, 3.05) is 0 Å². The Balaban J connectivity index is 3.06. The average Bonchev–Trinajstić information content (AvgIpc) is 2.29. The van der Waals surface area contributed by atoms with Crippen LogP contribution in [0.3, 0.4) is 0 Å². The van der Waals surface area contributed by atoms with Crippen molar-refractivity contribution in [2.45, 2.75) is 53.1 Å². The van der Waals surface area contributed by atoms with E-state index >= 15 is 0 Å². The molecule has 0 radical (unpaired) electrons. The van der Waals surface area contributed by atoms with E-state index in [1.807, 2.05) is 33.8 Å². The number of benzene rings is 1. The van der Waals surface area contributed by atoms with Crippen molar-refractivity contribution in [2.24, 2.45) is 0 Å². The van der Waals surface area contributed by atoms with E-state index in [1.54, 1.807) is 0 Å². The van der Waals surface area contributed by atoms with Crippen LogP contribution < -0.4 is 4.74 Å². The average molecular weight is 285 g/mol. The van der Waals surface area contributed by atoms with Crippen LogP contribution in [0.2, 0.25) is 5.02 Å². The van der Waals surface area contributed by atoms with Gasteiger partial charge in [-0.2, -0.15) is 0 Å². The minimum Gasteiger partial charge on any atom is -0.490 e. The molecule has 0 saturated heterocycles. The zero-order valence-corrected chi connectivity index (χ0v) is 12.7. The minimum atomic E-state index is -0.775. The van der Waals surface area contributed by atoms with Crippen molar-refractivity contribution in [1.29, 1.82) is 0 Å². The van der Waals surface area contributed by atoms with Gasteiger partial charge in [0.05, 0.1) is 6.10 Å². The van der Waals surface area contributed by atoms with Gasteiger partial charge in [-0.3, -0.25) is 4.79 Å². The lowest BCUT2D eigenvalue weighted by Crippen LogP contribution is -2.10. The molecule has 19 heavy (non-hydrogen) atoms. The van der Waals surface area contributed by atoms with Crippen LogP contribution in [0.25, 0.3) is 0 Å². The summed E-state index contributed by atoms with van der Waals surface area (Å²) in [5.41, 5.74) is 3.00. The van der Waals surface area contributed by atoms with E-state index in [9.17, 15) is 4.79 Å². The van der Waals surface area contributed by atoms with Gasteiger partial charge in [0.1, 0.15) is 5.75 Å². The van der Waals surface area contributed by atoms with Gasteiger partial charge in [-0.15, -0.1) is 0 Å². The lowest BCUT2D eigenvalue weighted by molar-refractivity contribution is -0.137. The molecule has 0 aliphatic carbocycles. The monoisotopic (exact) mass is 284 g/mol. The van der Waals surface area contributed by atoms with E-state index in [-0.39, 0.29) is 12.5 Å². The Morgan fingerprint density at radius 3 is 2.58 bits per heavy atom. The van der Waals surface area contributed by atoms with Gasteiger partial charge in [0.2, 0.25) is 0 Å². The molecule has 1 aromatic carbocycles. The lowest BCUT2D eigenvalue weighted by Gasteiger charge is -2.19. The Morgan fingerprint density at radius 1 is 1.42 bits per heavy atom. The molecule has 4 heteroatoms. The molecule has 0 fully saturated rings. The van der Waals surface area contributed by atoms with Crippen molar-refractivity contribution in [3.8, 4) is 5.75 Å². The van der Waals surface area contributed by atoms with Crippen LogP contribution in [0.1, 0.15) is 43.4 Å². The number of carboxylic acid groups (broad SMARTS) is 1. The minimum absolute atomic E-state index is 0.0810. The summed E-state index contributed by atoms with van der Waals surface area (Å²) in [4.78, 5) is 10.6. The molecule has 0 aliphatic rings. The number of carbonyl (C=O) groups is 1. The SMILES string of the molecule is Cc1cc(Cl)c(C)c(CCCC(=O)O)c1OC(C)C. The second kappa shape index (κ2) is 6.80. The van der Waals surface area contributed by atoms with E-state index in [0.717, 1.165) is 22.4 Å². The Bertz CT molecular complexity index is 467. The number of aliphatic carboxylic acids is 1. The molecule has 3 nitrogen and oxygen atoms in total. The predicted octanol–water partition coefficient (Wildman–Crippen LogP) is 4.15. The number of carboxylic acids is 1. The smallest absolute Gasteiger partial charge is 0.303 e. The molecule has 1 aromatic rings. The zero-order chi connectivity index (χ0) is 14.6. The third-order valence-corrected chi connectivity index (χ3v) is 3.35. The first-order valence-corrected chi connectivity index (χ1v) is 6.87. The van der Waals surface area contributed by atoms with Crippen LogP contribution in [0, 0.1) is 13.8 Å². The first-order valence-electron chi connectivity index (χ1n) is 6.50. The van der Waals surface area contributed by atoms with Crippen LogP contribution in [0.5, 0.6) is 5.75 Å². The van der Waals surface area contributed by atoms with Gasteiger partial charge in [0, 0.05) is 11.4 Å². The highest BCUT2D eigenvalue weighted by Crippen LogP contribution is 2.34. The van der Waals surface area contributed by atoms with Crippen molar-refractivity contribution in [3.63, 3.8) is 0 Å². The van der Waals surface area contributed by atoms with E-state index < -0.39 is 5.97 Å². The molecule has 0 amide bonds. The van der Waals surface area contributed by atoms with Gasteiger partial charge in [-0.25, -0.2) is 0 Å². The molecule has 1 rings (SSSR count). The Kier molecular flexibility index (Phi) is 5.67. The molecular weight excluding hydrogens is 264 g/mol. The molecular formula is C15H21ClO3. The van der Waals surface area contributed by atoms with Crippen LogP contribution >= 0.6 is 11.6 Å². The van der Waals surface area contributed by atoms with Crippen LogP contribution in [0.15, 0.2) is 6.07 Å². The summed E-state index contributed by atoms with van der Waals surface area (Å²) < 4.78 is 5.86. The summed E-state index contributed by atoms with van der Waals surface area (Å²) in [6, 6.07) is 1.90. The number of ether oxygens (including phenoxy) is 1. The molecule has 0 atom stereocenters. The highest BCUT2D eigenvalue weighted by Gasteiger charge is 2.15. The first kappa shape index (κ1) is 15.8. The van der Waals surface area contributed by atoms with Crippen molar-refractivity contribution < 1.29 is 14.6 Å². The van der Waals surface area contributed by atoms with E-state index in [2.05, 4.69) is 0 Å². The van der Waals surface area contributed by atoms with E-state index in [1.165, 1.54) is 0 Å². The molecule has 0 bridgehead atoms. The fourth-order valence-corrected chi connectivity index (χ4v) is 2.31. The summed E-state index contributed by atoms with van der Waals surface area (Å²) >= 11 is 6.20. The van der Waals surface area contributed by atoms with Gasteiger partial charge in [-0.05, 0) is 63.3 Å². The third-order valence-electron chi connectivity index (χ3n) is 2.96. The van der Waals surface area contributed by atoms with Gasteiger partial charge < -0.3 is 9.84 Å². The molecule has 0 heterocycles. The Morgan fingerprint density at radius 2 is 2.05 bits per heavy atom. The number of hydrogen-bond donors (Lipinski definition) is 1. The van der Waals surface area contributed by atoms with Gasteiger partial charge >= 0.3 is 5.97 Å². The summed E-state index contributed by atoms with van der Waals surface area (Å²) in [7, 11) is 0. The maximum Gasteiger partial charge on any atom is 0.303 e. The highest BCUT2D eigenvalue weighted by atomic mass is 35.5. The second-order valence-corrected chi connectivity index (χ2v) is 5.43. The topological polar surface area (TPSA) is 46.5 Å². The van der Waals surface area contributed by atoms with Crippen LogP contribution in [0.4, 0.5) is 0 Å². The lowest BCUT2D eigenvalue weighted by atomic mass is 9.98. The molecule has 1 N–H and O–H groups in total. The van der Waals surface area contributed by atoms with Gasteiger partial charge in [0.15, 0.2) is 0 Å². The number of halogens is 1. The quantitative estimate of drug-likeness (QED) is 0.853. The summed E-state index contributed by atoms with van der Waals surface area (Å²) in [6.45, 7) is 7.86. The zero-order valence-electron chi connectivity index (χ0n) is 11.9. The van der Waals surface area contributed by atoms with Crippen molar-refractivity contribution in [1.82, 2.24) is 0 Å². The summed E-state index contributed by atoms with van der Waals surface area (Å²) in [6.07, 6.45) is 1.50. The fourth-order valence-electron chi connectivity index (χ4n) is 2.03. The maximum atomic E-state index is 10.6. The molecule has 0 aromatic heterocycles. The molecule has 0 unspecified atom stereocenters. The summed E-state index contributed by atoms with van der Waals surface area (Å²) in [5.74, 6) is 0.0741. The number of rotatable bonds is 6. The van der Waals surface area contributed by atoms with Gasteiger partial charge in [-0.1, -0.05) is 11.6 Å².